The third-order valence-electron chi connectivity index (χ3n) is 6.44. The molecule has 1 saturated heterocycles. The molecule has 5 rings (SSSR count). The van der Waals surface area contributed by atoms with Crippen LogP contribution in [0, 0.1) is 0 Å². The van der Waals surface area contributed by atoms with E-state index in [1.807, 2.05) is 19.1 Å². The smallest absolute Gasteiger partial charge is 0.301 e. The van der Waals surface area contributed by atoms with Gasteiger partial charge in [-0.3, -0.25) is 19.5 Å². The Labute approximate surface area is 225 Å². The second-order valence-electron chi connectivity index (χ2n) is 10.2. The highest BCUT2D eigenvalue weighted by Crippen LogP contribution is 2.44. The molecule has 7 nitrogen and oxygen atoms in total. The predicted molar refractivity (Wildman–Crippen MR) is 150 cm³/mol. The van der Waals surface area contributed by atoms with Gasteiger partial charge < -0.3 is 9.84 Å². The molecule has 0 aliphatic carbocycles. The number of pyridine rings is 1. The lowest BCUT2D eigenvalue weighted by molar-refractivity contribution is -0.132. The maximum atomic E-state index is 13.5. The SMILES string of the molecule is CCCOc1cccc(/C(O)=C2\C(=O)C(=O)N(c3nc4ccc(C(C)(C)C)cc4s3)C2c2ccccn2)c1. The van der Waals surface area contributed by atoms with Crippen molar-refractivity contribution in [3.8, 4) is 5.75 Å². The van der Waals surface area contributed by atoms with Gasteiger partial charge in [-0.05, 0) is 53.8 Å². The van der Waals surface area contributed by atoms with E-state index in [1.165, 1.54) is 16.2 Å². The zero-order valence-corrected chi connectivity index (χ0v) is 22.6. The monoisotopic (exact) mass is 527 g/mol. The van der Waals surface area contributed by atoms with Crippen LogP contribution < -0.4 is 9.64 Å². The number of fused-ring (bicyclic) bond motifs is 1. The summed E-state index contributed by atoms with van der Waals surface area (Å²) in [6.07, 6.45) is 2.43. The topological polar surface area (TPSA) is 92.6 Å². The molecule has 1 aliphatic rings. The third-order valence-corrected chi connectivity index (χ3v) is 7.46. The molecule has 1 amide bonds. The minimum Gasteiger partial charge on any atom is -0.507 e. The summed E-state index contributed by atoms with van der Waals surface area (Å²) in [7, 11) is 0. The summed E-state index contributed by atoms with van der Waals surface area (Å²) in [6.45, 7) is 8.94. The summed E-state index contributed by atoms with van der Waals surface area (Å²) in [4.78, 5) is 37.5. The second kappa shape index (κ2) is 10.0. The maximum absolute atomic E-state index is 13.5. The maximum Gasteiger partial charge on any atom is 0.301 e. The van der Waals surface area contributed by atoms with Crippen LogP contribution in [0.1, 0.15) is 57.0 Å². The van der Waals surface area contributed by atoms with Gasteiger partial charge in [-0.2, -0.15) is 0 Å². The Morgan fingerprint density at radius 2 is 1.89 bits per heavy atom. The number of aromatic nitrogens is 2. The quantitative estimate of drug-likeness (QED) is 0.177. The van der Waals surface area contributed by atoms with Gasteiger partial charge in [0.1, 0.15) is 17.6 Å². The Morgan fingerprint density at radius 1 is 1.08 bits per heavy atom. The molecular weight excluding hydrogens is 498 g/mol. The number of thiazole rings is 1. The highest BCUT2D eigenvalue weighted by Gasteiger charge is 2.48. The van der Waals surface area contributed by atoms with E-state index < -0.39 is 17.7 Å². The highest BCUT2D eigenvalue weighted by molar-refractivity contribution is 7.22. The van der Waals surface area contributed by atoms with E-state index in [0.717, 1.165) is 22.2 Å². The lowest BCUT2D eigenvalue weighted by Crippen LogP contribution is -2.29. The first-order valence-electron chi connectivity index (χ1n) is 12.5. The Bertz CT molecular complexity index is 1550. The van der Waals surface area contributed by atoms with Crippen LogP contribution in [0.15, 0.2) is 72.4 Å². The molecule has 2 aromatic heterocycles. The summed E-state index contributed by atoms with van der Waals surface area (Å²) in [6, 6.07) is 17.3. The van der Waals surface area contributed by atoms with Crippen molar-refractivity contribution in [1.82, 2.24) is 9.97 Å². The molecule has 38 heavy (non-hydrogen) atoms. The number of Topliss-reactive ketones (excluding diaryl/α,β-unsaturated/α-hetero) is 1. The second-order valence-corrected chi connectivity index (χ2v) is 11.2. The van der Waals surface area contributed by atoms with E-state index in [0.29, 0.717) is 28.7 Å². The van der Waals surface area contributed by atoms with E-state index >= 15 is 0 Å². The van der Waals surface area contributed by atoms with Crippen molar-refractivity contribution >= 4 is 44.1 Å². The minimum atomic E-state index is -0.931. The largest absolute Gasteiger partial charge is 0.507 e. The number of rotatable bonds is 6. The van der Waals surface area contributed by atoms with Crippen molar-refractivity contribution in [2.45, 2.75) is 45.6 Å². The van der Waals surface area contributed by atoms with Gasteiger partial charge in [0.25, 0.3) is 5.78 Å². The number of benzene rings is 2. The number of nitrogens with zero attached hydrogens (tertiary/aromatic N) is 3. The number of amides is 1. The van der Waals surface area contributed by atoms with Crippen LogP contribution in [0.3, 0.4) is 0 Å². The molecule has 0 bridgehead atoms. The Morgan fingerprint density at radius 3 is 2.61 bits per heavy atom. The number of aliphatic hydroxyl groups excluding tert-OH is 1. The fourth-order valence-electron chi connectivity index (χ4n) is 4.44. The fraction of sp³-hybridized carbons (Fsp3) is 0.267. The summed E-state index contributed by atoms with van der Waals surface area (Å²) in [5, 5.41) is 11.8. The first-order valence-corrected chi connectivity index (χ1v) is 13.4. The average molecular weight is 528 g/mol. The molecule has 1 unspecified atom stereocenters. The van der Waals surface area contributed by atoms with Gasteiger partial charge in [-0.25, -0.2) is 4.98 Å². The van der Waals surface area contributed by atoms with Gasteiger partial charge in [0.15, 0.2) is 5.13 Å². The predicted octanol–water partition coefficient (Wildman–Crippen LogP) is 6.40. The number of ketones is 1. The van der Waals surface area contributed by atoms with Crippen LogP contribution in [0.5, 0.6) is 5.75 Å². The van der Waals surface area contributed by atoms with Crippen molar-refractivity contribution < 1.29 is 19.4 Å². The van der Waals surface area contributed by atoms with Crippen LogP contribution in [-0.4, -0.2) is 33.4 Å². The molecule has 4 aromatic rings. The summed E-state index contributed by atoms with van der Waals surface area (Å²) in [5.41, 5.74) is 2.65. The van der Waals surface area contributed by atoms with Crippen LogP contribution in [0.2, 0.25) is 0 Å². The van der Waals surface area contributed by atoms with E-state index in [4.69, 9.17) is 9.72 Å². The van der Waals surface area contributed by atoms with Gasteiger partial charge in [-0.15, -0.1) is 0 Å². The molecule has 0 saturated carbocycles. The van der Waals surface area contributed by atoms with Crippen LogP contribution in [0.25, 0.3) is 16.0 Å². The normalized spacial score (nSPS) is 17.4. The van der Waals surface area contributed by atoms with Gasteiger partial charge in [0.05, 0.1) is 28.1 Å². The summed E-state index contributed by atoms with van der Waals surface area (Å²) >= 11 is 1.34. The van der Waals surface area contributed by atoms with E-state index in [1.54, 1.807) is 48.7 Å². The molecular formula is C30H29N3O4S. The van der Waals surface area contributed by atoms with Crippen molar-refractivity contribution in [2.24, 2.45) is 0 Å². The first-order chi connectivity index (χ1) is 18.2. The lowest BCUT2D eigenvalue weighted by atomic mass is 9.87. The summed E-state index contributed by atoms with van der Waals surface area (Å²) in [5.74, 6) is -1.25. The molecule has 194 valence electrons. The minimum absolute atomic E-state index is 0.0315. The Kier molecular flexibility index (Phi) is 6.75. The number of hydrogen-bond acceptors (Lipinski definition) is 7. The highest BCUT2D eigenvalue weighted by atomic mass is 32.1. The molecule has 2 aromatic carbocycles. The van der Waals surface area contributed by atoms with Crippen molar-refractivity contribution in [3.63, 3.8) is 0 Å². The third kappa shape index (κ3) is 4.67. The number of carbonyl (C=O) groups is 2. The van der Waals surface area contributed by atoms with E-state index in [9.17, 15) is 14.7 Å². The number of hydrogen-bond donors (Lipinski definition) is 1. The molecule has 0 spiro atoms. The van der Waals surface area contributed by atoms with Gasteiger partial charge in [-0.1, -0.05) is 63.3 Å². The van der Waals surface area contributed by atoms with Gasteiger partial charge in [0.2, 0.25) is 0 Å². The van der Waals surface area contributed by atoms with Gasteiger partial charge >= 0.3 is 5.91 Å². The number of ether oxygens (including phenoxy) is 1. The van der Waals surface area contributed by atoms with E-state index in [-0.39, 0.29) is 16.7 Å². The lowest BCUT2D eigenvalue weighted by Gasteiger charge is -2.22. The Balaban J connectivity index is 1.65. The Hall–Kier alpha value is -4.04. The number of carbonyl (C=O) groups excluding carboxylic acids is 2. The average Bonchev–Trinajstić information content (AvgIpc) is 3.45. The molecule has 1 fully saturated rings. The van der Waals surface area contributed by atoms with Crippen molar-refractivity contribution in [3.05, 3.63) is 89.3 Å². The van der Waals surface area contributed by atoms with Crippen LogP contribution in [0.4, 0.5) is 5.13 Å². The molecule has 1 atom stereocenters. The molecule has 0 radical (unpaired) electrons. The number of aliphatic hydroxyl groups is 1. The number of anilines is 1. The van der Waals surface area contributed by atoms with E-state index in [2.05, 4.69) is 31.8 Å². The van der Waals surface area contributed by atoms with Crippen LogP contribution >= 0.6 is 11.3 Å². The first kappa shape index (κ1) is 25.6. The molecule has 1 aliphatic heterocycles. The standard InChI is InChI=1S/C30H29N3O4S/c1-5-15-37-20-10-8-9-18(16-20)26(34)24-25(22-11-6-7-14-31-22)33(28(36)27(24)35)29-32-21-13-12-19(30(2,3)4)17-23(21)38-29/h6-14,16-17,25,34H,5,15H2,1-4H3/b26-24+. The summed E-state index contributed by atoms with van der Waals surface area (Å²) < 4.78 is 6.62. The van der Waals surface area contributed by atoms with Gasteiger partial charge in [0, 0.05) is 11.8 Å². The van der Waals surface area contributed by atoms with Crippen molar-refractivity contribution in [1.29, 1.82) is 0 Å². The molecule has 8 heteroatoms. The fourth-order valence-corrected chi connectivity index (χ4v) is 5.47. The zero-order chi connectivity index (χ0) is 27.0. The molecule has 3 heterocycles. The van der Waals surface area contributed by atoms with Crippen LogP contribution in [-0.2, 0) is 15.0 Å². The van der Waals surface area contributed by atoms with Crippen molar-refractivity contribution in [2.75, 3.05) is 11.5 Å². The zero-order valence-electron chi connectivity index (χ0n) is 21.8. The molecule has 1 N–H and O–H groups in total.